The molecule has 0 bridgehead atoms. The standard InChI is InChI=1S/C23H27NO5S/c1-23(2)12-14-8-7-10-16(20(14)29-23)28-13-18(25)24-21-19(22(26)27-3)15-9-5-4-6-11-17(15)30-21/h7-8,10H,4-6,9,11-13H2,1-3H3,(H,24,25). The molecule has 0 radical (unpaired) electrons. The van der Waals surface area contributed by atoms with E-state index in [0.29, 0.717) is 22.1 Å². The SMILES string of the molecule is COC(=O)c1c(NC(=O)COc2cccc3c2OC(C)(C)C3)sc2c1CCCCC2. The van der Waals surface area contributed by atoms with Gasteiger partial charge in [0, 0.05) is 16.9 Å². The van der Waals surface area contributed by atoms with E-state index in [2.05, 4.69) is 5.32 Å². The number of benzene rings is 1. The number of rotatable bonds is 5. The number of carbonyl (C=O) groups is 2. The van der Waals surface area contributed by atoms with E-state index in [1.54, 1.807) is 6.07 Å². The molecule has 0 saturated heterocycles. The monoisotopic (exact) mass is 429 g/mol. The molecule has 160 valence electrons. The number of hydrogen-bond donors (Lipinski definition) is 1. The fourth-order valence-corrected chi connectivity index (χ4v) is 5.45. The van der Waals surface area contributed by atoms with Crippen molar-refractivity contribution in [1.82, 2.24) is 0 Å². The third-order valence-electron chi connectivity index (χ3n) is 5.48. The van der Waals surface area contributed by atoms with Crippen LogP contribution in [-0.2, 0) is 28.8 Å². The summed E-state index contributed by atoms with van der Waals surface area (Å²) in [5, 5.41) is 3.42. The third kappa shape index (κ3) is 4.17. The molecule has 1 N–H and O–H groups in total. The van der Waals surface area contributed by atoms with E-state index in [-0.39, 0.29) is 18.1 Å². The highest BCUT2D eigenvalue weighted by atomic mass is 32.1. The number of fused-ring (bicyclic) bond motifs is 2. The number of para-hydroxylation sites is 1. The lowest BCUT2D eigenvalue weighted by Gasteiger charge is -2.18. The highest BCUT2D eigenvalue weighted by Crippen LogP contribution is 2.42. The average molecular weight is 430 g/mol. The smallest absolute Gasteiger partial charge is 0.341 e. The van der Waals surface area contributed by atoms with Crippen molar-refractivity contribution in [2.45, 2.75) is 58.0 Å². The van der Waals surface area contributed by atoms with E-state index in [1.165, 1.54) is 23.3 Å². The normalized spacial score (nSPS) is 16.6. The van der Waals surface area contributed by atoms with E-state index in [0.717, 1.165) is 49.7 Å². The molecule has 1 aliphatic heterocycles. The van der Waals surface area contributed by atoms with E-state index in [9.17, 15) is 9.59 Å². The van der Waals surface area contributed by atoms with Crippen LogP contribution in [0.1, 0.15) is 59.5 Å². The van der Waals surface area contributed by atoms with Crippen molar-refractivity contribution in [3.05, 3.63) is 39.8 Å². The van der Waals surface area contributed by atoms with Crippen LogP contribution >= 0.6 is 11.3 Å². The molecule has 0 fully saturated rings. The van der Waals surface area contributed by atoms with E-state index < -0.39 is 5.97 Å². The number of aryl methyl sites for hydroxylation is 1. The third-order valence-corrected chi connectivity index (χ3v) is 6.68. The van der Waals surface area contributed by atoms with Gasteiger partial charge in [0.1, 0.15) is 10.6 Å². The van der Waals surface area contributed by atoms with Crippen LogP contribution < -0.4 is 14.8 Å². The Kier molecular flexibility index (Phi) is 5.73. The largest absolute Gasteiger partial charge is 0.483 e. The van der Waals surface area contributed by atoms with Crippen LogP contribution in [0.3, 0.4) is 0 Å². The van der Waals surface area contributed by atoms with Crippen molar-refractivity contribution in [2.75, 3.05) is 19.0 Å². The molecule has 0 atom stereocenters. The number of anilines is 1. The predicted molar refractivity (Wildman–Crippen MR) is 116 cm³/mol. The lowest BCUT2D eigenvalue weighted by atomic mass is 10.0. The fraction of sp³-hybridized carbons (Fsp3) is 0.478. The first-order valence-electron chi connectivity index (χ1n) is 10.3. The first-order chi connectivity index (χ1) is 14.4. The summed E-state index contributed by atoms with van der Waals surface area (Å²) < 4.78 is 16.8. The maximum atomic E-state index is 12.6. The number of esters is 1. The van der Waals surface area contributed by atoms with Crippen LogP contribution in [0.25, 0.3) is 0 Å². The highest BCUT2D eigenvalue weighted by Gasteiger charge is 2.32. The number of carbonyl (C=O) groups excluding carboxylic acids is 2. The van der Waals surface area contributed by atoms with Crippen molar-refractivity contribution >= 4 is 28.2 Å². The number of nitrogens with one attached hydrogen (secondary N) is 1. The molecule has 1 aromatic carbocycles. The molecule has 1 aliphatic carbocycles. The Morgan fingerprint density at radius 2 is 2.00 bits per heavy atom. The topological polar surface area (TPSA) is 73.9 Å². The highest BCUT2D eigenvalue weighted by molar-refractivity contribution is 7.17. The van der Waals surface area contributed by atoms with Gasteiger partial charge in [-0.25, -0.2) is 4.79 Å². The van der Waals surface area contributed by atoms with Gasteiger partial charge in [0.25, 0.3) is 5.91 Å². The summed E-state index contributed by atoms with van der Waals surface area (Å²) >= 11 is 1.48. The van der Waals surface area contributed by atoms with Gasteiger partial charge >= 0.3 is 5.97 Å². The Labute approximate surface area is 180 Å². The van der Waals surface area contributed by atoms with E-state index in [4.69, 9.17) is 14.2 Å². The minimum Gasteiger partial charge on any atom is -0.483 e. The summed E-state index contributed by atoms with van der Waals surface area (Å²) in [7, 11) is 1.37. The van der Waals surface area contributed by atoms with Gasteiger partial charge in [-0.2, -0.15) is 0 Å². The average Bonchev–Trinajstić information content (AvgIpc) is 3.11. The van der Waals surface area contributed by atoms with Crippen molar-refractivity contribution in [1.29, 1.82) is 0 Å². The predicted octanol–water partition coefficient (Wildman–Crippen LogP) is 4.53. The molecule has 4 rings (SSSR count). The Morgan fingerprint density at radius 3 is 2.80 bits per heavy atom. The minimum absolute atomic E-state index is 0.163. The van der Waals surface area contributed by atoms with Crippen molar-refractivity contribution in [3.63, 3.8) is 0 Å². The second-order valence-electron chi connectivity index (χ2n) is 8.38. The van der Waals surface area contributed by atoms with Crippen LogP contribution in [0.4, 0.5) is 5.00 Å². The molecule has 2 heterocycles. The van der Waals surface area contributed by atoms with Crippen LogP contribution in [0.5, 0.6) is 11.5 Å². The van der Waals surface area contributed by atoms with Gasteiger partial charge in [-0.15, -0.1) is 11.3 Å². The van der Waals surface area contributed by atoms with Crippen molar-refractivity contribution < 1.29 is 23.8 Å². The zero-order valence-electron chi connectivity index (χ0n) is 17.6. The lowest BCUT2D eigenvalue weighted by molar-refractivity contribution is -0.118. The molecule has 30 heavy (non-hydrogen) atoms. The molecule has 6 nitrogen and oxygen atoms in total. The number of amides is 1. The summed E-state index contributed by atoms with van der Waals surface area (Å²) in [5.74, 6) is 0.547. The van der Waals surface area contributed by atoms with Gasteiger partial charge < -0.3 is 19.5 Å². The number of thiophene rings is 1. The molecule has 0 spiro atoms. The number of methoxy groups -OCH3 is 1. The number of ether oxygens (including phenoxy) is 3. The van der Waals surface area contributed by atoms with Crippen LogP contribution in [0.15, 0.2) is 18.2 Å². The zero-order valence-corrected chi connectivity index (χ0v) is 18.4. The van der Waals surface area contributed by atoms with E-state index in [1.807, 2.05) is 26.0 Å². The molecular weight excluding hydrogens is 402 g/mol. The van der Waals surface area contributed by atoms with Crippen LogP contribution in [-0.4, -0.2) is 31.2 Å². The molecule has 2 aromatic rings. The van der Waals surface area contributed by atoms with Gasteiger partial charge in [-0.1, -0.05) is 18.6 Å². The zero-order chi connectivity index (χ0) is 21.3. The first-order valence-corrected chi connectivity index (χ1v) is 11.2. The molecular formula is C23H27NO5S. The molecule has 1 aromatic heterocycles. The number of hydrogen-bond acceptors (Lipinski definition) is 6. The van der Waals surface area contributed by atoms with Gasteiger partial charge in [0.05, 0.1) is 12.7 Å². The van der Waals surface area contributed by atoms with Gasteiger partial charge in [-0.05, 0) is 51.2 Å². The van der Waals surface area contributed by atoms with Crippen LogP contribution in [0.2, 0.25) is 0 Å². The van der Waals surface area contributed by atoms with Gasteiger partial charge in [0.15, 0.2) is 18.1 Å². The maximum Gasteiger partial charge on any atom is 0.341 e. The molecule has 0 unspecified atom stereocenters. The van der Waals surface area contributed by atoms with Gasteiger partial charge in [0.2, 0.25) is 0 Å². The van der Waals surface area contributed by atoms with Crippen molar-refractivity contribution in [2.24, 2.45) is 0 Å². The summed E-state index contributed by atoms with van der Waals surface area (Å²) in [5.41, 5.74) is 2.32. The molecule has 1 amide bonds. The minimum atomic E-state index is -0.401. The Morgan fingerprint density at radius 1 is 1.20 bits per heavy atom. The van der Waals surface area contributed by atoms with Crippen molar-refractivity contribution in [3.8, 4) is 11.5 Å². The summed E-state index contributed by atoms with van der Waals surface area (Å²) in [6.07, 6.45) is 5.86. The van der Waals surface area contributed by atoms with E-state index >= 15 is 0 Å². The summed E-state index contributed by atoms with van der Waals surface area (Å²) in [4.78, 5) is 26.2. The lowest BCUT2D eigenvalue weighted by Crippen LogP contribution is -2.25. The Hall–Kier alpha value is -2.54. The molecule has 0 saturated carbocycles. The first kappa shape index (κ1) is 20.7. The quantitative estimate of drug-likeness (QED) is 0.558. The second-order valence-corrected chi connectivity index (χ2v) is 9.49. The fourth-order valence-electron chi connectivity index (χ4n) is 4.16. The Bertz CT molecular complexity index is 978. The molecule has 7 heteroatoms. The van der Waals surface area contributed by atoms with Gasteiger partial charge in [-0.3, -0.25) is 4.79 Å². The summed E-state index contributed by atoms with van der Waals surface area (Å²) in [6.45, 7) is 3.89. The maximum absolute atomic E-state index is 12.6. The molecule has 2 aliphatic rings. The van der Waals surface area contributed by atoms with Crippen LogP contribution in [0, 0.1) is 0 Å². The Balaban J connectivity index is 1.48. The summed E-state index contributed by atoms with van der Waals surface area (Å²) in [6, 6.07) is 5.72. The second kappa shape index (κ2) is 8.30.